The summed E-state index contributed by atoms with van der Waals surface area (Å²) in [5, 5.41) is 50.3. The molecule has 220 valence electrons. The van der Waals surface area contributed by atoms with Gasteiger partial charge in [-0.25, -0.2) is 0 Å². The van der Waals surface area contributed by atoms with Crippen LogP contribution in [0.2, 0.25) is 0 Å². The number of esters is 1. The lowest BCUT2D eigenvalue weighted by atomic mass is 9.87. The maximum Gasteiger partial charge on any atom is 0.317 e. The van der Waals surface area contributed by atoms with Crippen LogP contribution in [0.4, 0.5) is 0 Å². The van der Waals surface area contributed by atoms with Crippen molar-refractivity contribution in [2.24, 2.45) is 0 Å². The Balaban J connectivity index is 1.33. The number of ketones is 1. The molecule has 0 aliphatic carbocycles. The summed E-state index contributed by atoms with van der Waals surface area (Å²) in [7, 11) is 1.44. The molecule has 0 aromatic heterocycles. The third-order valence-electron chi connectivity index (χ3n) is 6.75. The number of hydrogen-bond donors (Lipinski definition) is 5. The first-order chi connectivity index (χ1) is 19.6. The van der Waals surface area contributed by atoms with E-state index in [1.807, 2.05) is 0 Å². The molecule has 3 aliphatic rings. The number of hydrogen-bond acceptors (Lipinski definition) is 14. The molecule has 5 rings (SSSR count). The molecule has 6 atom stereocenters. The van der Waals surface area contributed by atoms with Crippen LogP contribution >= 0.6 is 0 Å². The van der Waals surface area contributed by atoms with Crippen LogP contribution in [0.25, 0.3) is 0 Å². The first-order valence-electron chi connectivity index (χ1n) is 12.3. The van der Waals surface area contributed by atoms with Gasteiger partial charge in [0.15, 0.2) is 17.3 Å². The van der Waals surface area contributed by atoms with E-state index in [-0.39, 0.29) is 30.5 Å². The van der Waals surface area contributed by atoms with Crippen molar-refractivity contribution in [1.29, 1.82) is 0 Å². The Morgan fingerprint density at radius 2 is 1.71 bits per heavy atom. The normalized spacial score (nSPS) is 26.5. The number of fused-ring (bicyclic) bond motifs is 2. The van der Waals surface area contributed by atoms with Gasteiger partial charge in [0.2, 0.25) is 13.1 Å². The number of Topliss-reactive ketones (excluding diaryl/α,β-unsaturated/α-hetero) is 1. The van der Waals surface area contributed by atoms with Gasteiger partial charge in [0.1, 0.15) is 72.6 Å². The topological polar surface area (TPSA) is 217 Å². The summed E-state index contributed by atoms with van der Waals surface area (Å²) in [6.07, 6.45) is -9.22. The molecule has 1 fully saturated rings. The lowest BCUT2D eigenvalue weighted by Crippen LogP contribution is -2.60. The van der Waals surface area contributed by atoms with Crippen LogP contribution in [0.15, 0.2) is 24.3 Å². The Morgan fingerprint density at radius 3 is 2.41 bits per heavy atom. The van der Waals surface area contributed by atoms with E-state index in [2.05, 4.69) is 0 Å². The summed E-state index contributed by atoms with van der Waals surface area (Å²) in [5.74, 6) is -3.24. The molecule has 3 aliphatic heterocycles. The molecule has 41 heavy (non-hydrogen) atoms. The van der Waals surface area contributed by atoms with E-state index in [9.17, 15) is 34.8 Å². The number of ether oxygens (including phenoxy) is 7. The van der Waals surface area contributed by atoms with E-state index >= 15 is 0 Å². The van der Waals surface area contributed by atoms with Gasteiger partial charge in [-0.1, -0.05) is 0 Å². The molecule has 6 unspecified atom stereocenters. The zero-order valence-electron chi connectivity index (χ0n) is 21.4. The standard InChI is InChI=1S/C26H26O15/c1-35-14-5-16-15(38-9-39-16)4-11(14)12-7-36-17-3-10(2-13(27)21(17)22(12)31)40-26-25(34)24(33)23(32)18(41-26)8-37-20(30)6-19(28)29/h2-5,12,18,23-27,32-34H,6-9H2,1H3,(H,28,29). The largest absolute Gasteiger partial charge is 0.507 e. The summed E-state index contributed by atoms with van der Waals surface area (Å²) in [5.41, 5.74) is 0.339. The fraction of sp³-hybridized carbons (Fsp3) is 0.423. The van der Waals surface area contributed by atoms with Gasteiger partial charge in [0, 0.05) is 23.8 Å². The maximum atomic E-state index is 13.5. The predicted molar refractivity (Wildman–Crippen MR) is 130 cm³/mol. The second-order valence-electron chi connectivity index (χ2n) is 9.38. The summed E-state index contributed by atoms with van der Waals surface area (Å²) in [6, 6.07) is 5.56. The van der Waals surface area contributed by atoms with Gasteiger partial charge in [-0.3, -0.25) is 14.4 Å². The first-order valence-corrected chi connectivity index (χ1v) is 12.3. The number of phenolic OH excluding ortho intramolecular Hbond substituents is 1. The summed E-state index contributed by atoms with van der Waals surface area (Å²) >= 11 is 0. The number of carbonyl (C=O) groups is 3. The van der Waals surface area contributed by atoms with Crippen molar-refractivity contribution in [1.82, 2.24) is 0 Å². The van der Waals surface area contributed by atoms with E-state index in [0.29, 0.717) is 22.8 Å². The number of aromatic hydroxyl groups is 1. The minimum absolute atomic E-state index is 0.0222. The number of aliphatic hydroxyl groups is 3. The van der Waals surface area contributed by atoms with Gasteiger partial charge in [0.25, 0.3) is 0 Å². The number of carbonyl (C=O) groups excluding carboxylic acids is 2. The van der Waals surface area contributed by atoms with Crippen LogP contribution < -0.4 is 23.7 Å². The molecular formula is C26H26O15. The first kappa shape index (κ1) is 28.2. The molecule has 1 saturated heterocycles. The number of aliphatic carboxylic acids is 1. The summed E-state index contributed by atoms with van der Waals surface area (Å²) < 4.78 is 37.8. The SMILES string of the molecule is COc1cc2c(cc1C1COc3cc(OC4OC(COC(=O)CC(=O)O)C(O)C(O)C4O)cc(O)c3C1=O)OCO2. The molecule has 5 N–H and O–H groups in total. The molecule has 15 heteroatoms. The van der Waals surface area contributed by atoms with E-state index in [1.165, 1.54) is 13.2 Å². The molecule has 2 aromatic rings. The maximum absolute atomic E-state index is 13.5. The second-order valence-corrected chi connectivity index (χ2v) is 9.38. The molecular weight excluding hydrogens is 552 g/mol. The fourth-order valence-corrected chi connectivity index (χ4v) is 4.68. The van der Waals surface area contributed by atoms with Crippen LogP contribution in [0.3, 0.4) is 0 Å². The number of benzene rings is 2. The molecule has 2 aromatic carbocycles. The van der Waals surface area contributed by atoms with Crippen molar-refractivity contribution in [3.63, 3.8) is 0 Å². The summed E-state index contributed by atoms with van der Waals surface area (Å²) in [4.78, 5) is 35.7. The van der Waals surface area contributed by atoms with Crippen LogP contribution in [-0.4, -0.2) is 101 Å². The van der Waals surface area contributed by atoms with Crippen molar-refractivity contribution in [2.75, 3.05) is 27.1 Å². The molecule has 15 nitrogen and oxygen atoms in total. The molecule has 0 amide bonds. The zero-order valence-corrected chi connectivity index (χ0v) is 21.4. The average Bonchev–Trinajstić information content (AvgIpc) is 3.39. The Morgan fingerprint density at radius 1 is 0.976 bits per heavy atom. The zero-order chi connectivity index (χ0) is 29.4. The van der Waals surface area contributed by atoms with Gasteiger partial charge < -0.3 is 58.7 Å². The van der Waals surface area contributed by atoms with E-state index < -0.39 is 73.1 Å². The molecule has 0 spiro atoms. The van der Waals surface area contributed by atoms with Crippen LogP contribution in [-0.2, 0) is 19.1 Å². The number of carboxylic acids is 1. The van der Waals surface area contributed by atoms with Crippen LogP contribution in [0.5, 0.6) is 34.5 Å². The number of aliphatic hydroxyl groups excluding tert-OH is 3. The van der Waals surface area contributed by atoms with Gasteiger partial charge in [-0.2, -0.15) is 0 Å². The number of methoxy groups -OCH3 is 1. The third-order valence-corrected chi connectivity index (χ3v) is 6.75. The fourth-order valence-electron chi connectivity index (χ4n) is 4.68. The lowest BCUT2D eigenvalue weighted by molar-refractivity contribution is -0.278. The minimum atomic E-state index is -1.79. The molecule has 0 radical (unpaired) electrons. The highest BCUT2D eigenvalue weighted by atomic mass is 16.7. The highest BCUT2D eigenvalue weighted by Crippen LogP contribution is 2.46. The third kappa shape index (κ3) is 5.52. The Labute approximate surface area is 231 Å². The monoisotopic (exact) mass is 578 g/mol. The van der Waals surface area contributed by atoms with Gasteiger partial charge in [0.05, 0.1) is 13.0 Å². The highest BCUT2D eigenvalue weighted by molar-refractivity contribution is 6.07. The average molecular weight is 578 g/mol. The van der Waals surface area contributed by atoms with Gasteiger partial charge in [-0.15, -0.1) is 0 Å². The van der Waals surface area contributed by atoms with Crippen molar-refractivity contribution < 1.29 is 73.1 Å². The van der Waals surface area contributed by atoms with Crippen LogP contribution in [0, 0.1) is 0 Å². The second kappa shape index (κ2) is 11.3. The molecule has 3 heterocycles. The molecule has 0 bridgehead atoms. The van der Waals surface area contributed by atoms with Gasteiger partial charge in [-0.05, 0) is 6.07 Å². The number of rotatable bonds is 8. The van der Waals surface area contributed by atoms with Crippen molar-refractivity contribution in [2.45, 2.75) is 43.0 Å². The highest BCUT2D eigenvalue weighted by Gasteiger charge is 2.46. The number of phenols is 1. The minimum Gasteiger partial charge on any atom is -0.507 e. The van der Waals surface area contributed by atoms with Crippen molar-refractivity contribution >= 4 is 17.7 Å². The Hall–Kier alpha value is -4.31. The van der Waals surface area contributed by atoms with Crippen molar-refractivity contribution in [3.05, 3.63) is 35.4 Å². The predicted octanol–water partition coefficient (Wildman–Crippen LogP) is -0.307. The molecule has 0 saturated carbocycles. The Kier molecular flexibility index (Phi) is 7.77. The summed E-state index contributed by atoms with van der Waals surface area (Å²) in [6.45, 7) is -0.744. The Bertz CT molecular complexity index is 1360. The van der Waals surface area contributed by atoms with Gasteiger partial charge >= 0.3 is 11.9 Å². The smallest absolute Gasteiger partial charge is 0.317 e. The van der Waals surface area contributed by atoms with E-state index in [4.69, 9.17) is 38.3 Å². The number of carboxylic acid groups (broad SMARTS) is 1. The quantitative estimate of drug-likeness (QED) is 0.201. The lowest BCUT2D eigenvalue weighted by Gasteiger charge is -2.40. The van der Waals surface area contributed by atoms with E-state index in [1.54, 1.807) is 12.1 Å². The van der Waals surface area contributed by atoms with E-state index in [0.717, 1.165) is 6.07 Å². The van der Waals surface area contributed by atoms with Crippen molar-refractivity contribution in [3.8, 4) is 34.5 Å². The van der Waals surface area contributed by atoms with Crippen LogP contribution in [0.1, 0.15) is 28.3 Å².